The van der Waals surface area contributed by atoms with Crippen LogP contribution in [0.3, 0.4) is 0 Å². The number of aromatic nitrogens is 2. The zero-order valence-corrected chi connectivity index (χ0v) is 12.8. The molecule has 1 N–H and O–H groups in total. The Labute approximate surface area is 120 Å². The predicted octanol–water partition coefficient (Wildman–Crippen LogP) is 3.73. The van der Waals surface area contributed by atoms with Crippen molar-refractivity contribution >= 4 is 0 Å². The van der Waals surface area contributed by atoms with E-state index in [4.69, 9.17) is 4.42 Å². The van der Waals surface area contributed by atoms with Gasteiger partial charge in [0.1, 0.15) is 11.5 Å². The van der Waals surface area contributed by atoms with E-state index in [0.717, 1.165) is 35.6 Å². The lowest BCUT2D eigenvalue weighted by atomic mass is 10.1. The van der Waals surface area contributed by atoms with Gasteiger partial charge in [0.2, 0.25) is 0 Å². The van der Waals surface area contributed by atoms with E-state index in [-0.39, 0.29) is 0 Å². The molecule has 0 amide bonds. The SMILES string of the molecule is CCC(CC)n1ccc(CC(O)c2cc(C)oc2C)n1. The van der Waals surface area contributed by atoms with Crippen LogP contribution in [0.4, 0.5) is 0 Å². The Morgan fingerprint density at radius 1 is 1.30 bits per heavy atom. The van der Waals surface area contributed by atoms with Crippen LogP contribution in [0.25, 0.3) is 0 Å². The summed E-state index contributed by atoms with van der Waals surface area (Å²) in [5.74, 6) is 1.62. The molecule has 20 heavy (non-hydrogen) atoms. The fourth-order valence-electron chi connectivity index (χ4n) is 2.64. The number of aryl methyl sites for hydroxylation is 2. The lowest BCUT2D eigenvalue weighted by Gasteiger charge is -2.13. The van der Waals surface area contributed by atoms with Gasteiger partial charge in [0, 0.05) is 18.2 Å². The van der Waals surface area contributed by atoms with Gasteiger partial charge >= 0.3 is 0 Å². The standard InChI is InChI=1S/C16H24N2O2/c1-5-14(6-2)18-8-7-13(17-18)10-16(19)15-9-11(3)20-12(15)4/h7-9,14,16,19H,5-6,10H2,1-4H3. The summed E-state index contributed by atoms with van der Waals surface area (Å²) in [4.78, 5) is 0. The number of hydrogen-bond donors (Lipinski definition) is 1. The molecule has 2 aromatic heterocycles. The van der Waals surface area contributed by atoms with Crippen LogP contribution in [-0.4, -0.2) is 14.9 Å². The van der Waals surface area contributed by atoms with E-state index in [1.807, 2.05) is 36.9 Å². The summed E-state index contributed by atoms with van der Waals surface area (Å²) in [6.07, 6.45) is 4.11. The average molecular weight is 276 g/mol. The van der Waals surface area contributed by atoms with Crippen LogP contribution in [0.2, 0.25) is 0 Å². The first-order chi connectivity index (χ1) is 9.55. The molecule has 0 aliphatic heterocycles. The molecule has 0 spiro atoms. The van der Waals surface area contributed by atoms with E-state index in [9.17, 15) is 5.11 Å². The van der Waals surface area contributed by atoms with Crippen LogP contribution < -0.4 is 0 Å². The molecule has 1 atom stereocenters. The molecule has 4 heteroatoms. The molecule has 2 aromatic rings. The number of furan rings is 1. The third kappa shape index (κ3) is 3.12. The molecule has 4 nitrogen and oxygen atoms in total. The Morgan fingerprint density at radius 2 is 2.00 bits per heavy atom. The minimum absolute atomic E-state index is 0.443. The Morgan fingerprint density at radius 3 is 2.55 bits per heavy atom. The van der Waals surface area contributed by atoms with Crippen molar-refractivity contribution in [1.82, 2.24) is 9.78 Å². The van der Waals surface area contributed by atoms with Crippen molar-refractivity contribution in [1.29, 1.82) is 0 Å². The van der Waals surface area contributed by atoms with Crippen LogP contribution >= 0.6 is 0 Å². The molecule has 0 bridgehead atoms. The number of rotatable bonds is 6. The summed E-state index contributed by atoms with van der Waals surface area (Å²) >= 11 is 0. The summed E-state index contributed by atoms with van der Waals surface area (Å²) in [6.45, 7) is 8.11. The highest BCUT2D eigenvalue weighted by molar-refractivity contribution is 5.24. The molecule has 2 heterocycles. The van der Waals surface area contributed by atoms with Gasteiger partial charge in [-0.1, -0.05) is 13.8 Å². The van der Waals surface area contributed by atoms with Gasteiger partial charge in [-0.15, -0.1) is 0 Å². The average Bonchev–Trinajstić information content (AvgIpc) is 2.98. The van der Waals surface area contributed by atoms with Gasteiger partial charge in [-0.3, -0.25) is 4.68 Å². The second-order valence-electron chi connectivity index (χ2n) is 5.35. The lowest BCUT2D eigenvalue weighted by Crippen LogP contribution is -2.09. The first-order valence-corrected chi connectivity index (χ1v) is 7.34. The van der Waals surface area contributed by atoms with Crippen LogP contribution in [0, 0.1) is 13.8 Å². The summed E-state index contributed by atoms with van der Waals surface area (Å²) in [5.41, 5.74) is 1.78. The van der Waals surface area contributed by atoms with Gasteiger partial charge in [-0.25, -0.2) is 0 Å². The van der Waals surface area contributed by atoms with Crippen molar-refractivity contribution in [2.45, 2.75) is 59.1 Å². The van der Waals surface area contributed by atoms with Gasteiger partial charge < -0.3 is 9.52 Å². The number of aliphatic hydroxyl groups excluding tert-OH is 1. The Kier molecular flexibility index (Phi) is 4.65. The molecule has 0 aliphatic carbocycles. The van der Waals surface area contributed by atoms with Crippen molar-refractivity contribution in [3.8, 4) is 0 Å². The van der Waals surface area contributed by atoms with Gasteiger partial charge in [0.05, 0.1) is 17.8 Å². The van der Waals surface area contributed by atoms with E-state index in [0.29, 0.717) is 12.5 Å². The fourth-order valence-corrected chi connectivity index (χ4v) is 2.64. The number of aliphatic hydroxyl groups is 1. The summed E-state index contributed by atoms with van der Waals surface area (Å²) < 4.78 is 7.48. The maximum Gasteiger partial charge on any atom is 0.106 e. The van der Waals surface area contributed by atoms with E-state index in [2.05, 4.69) is 18.9 Å². The second kappa shape index (κ2) is 6.27. The van der Waals surface area contributed by atoms with Gasteiger partial charge in [0.25, 0.3) is 0 Å². The lowest BCUT2D eigenvalue weighted by molar-refractivity contribution is 0.174. The molecule has 0 aromatic carbocycles. The highest BCUT2D eigenvalue weighted by Crippen LogP contribution is 2.24. The van der Waals surface area contributed by atoms with Crippen LogP contribution in [0.15, 0.2) is 22.7 Å². The van der Waals surface area contributed by atoms with Gasteiger partial charge in [-0.05, 0) is 38.8 Å². The third-order valence-corrected chi connectivity index (χ3v) is 3.82. The molecule has 0 radical (unpaired) electrons. The zero-order chi connectivity index (χ0) is 14.7. The maximum absolute atomic E-state index is 10.3. The monoisotopic (exact) mass is 276 g/mol. The van der Waals surface area contributed by atoms with Crippen molar-refractivity contribution in [3.63, 3.8) is 0 Å². The molecule has 2 rings (SSSR count). The largest absolute Gasteiger partial charge is 0.466 e. The fraction of sp³-hybridized carbons (Fsp3) is 0.562. The van der Waals surface area contributed by atoms with Crippen molar-refractivity contribution < 1.29 is 9.52 Å². The third-order valence-electron chi connectivity index (χ3n) is 3.82. The summed E-state index contributed by atoms with van der Waals surface area (Å²) in [5, 5.41) is 14.9. The zero-order valence-electron chi connectivity index (χ0n) is 12.8. The van der Waals surface area contributed by atoms with Crippen LogP contribution in [-0.2, 0) is 6.42 Å². The second-order valence-corrected chi connectivity index (χ2v) is 5.35. The summed E-state index contributed by atoms with van der Waals surface area (Å²) in [6, 6.07) is 4.33. The Hall–Kier alpha value is -1.55. The molecule has 0 fully saturated rings. The van der Waals surface area contributed by atoms with Gasteiger partial charge in [0.15, 0.2) is 0 Å². The van der Waals surface area contributed by atoms with E-state index in [1.165, 1.54) is 0 Å². The minimum Gasteiger partial charge on any atom is -0.466 e. The first-order valence-electron chi connectivity index (χ1n) is 7.34. The van der Waals surface area contributed by atoms with Crippen LogP contribution in [0.1, 0.15) is 61.6 Å². The van der Waals surface area contributed by atoms with Gasteiger partial charge in [-0.2, -0.15) is 5.10 Å². The van der Waals surface area contributed by atoms with Crippen molar-refractivity contribution in [3.05, 3.63) is 41.1 Å². The maximum atomic E-state index is 10.3. The Bertz CT molecular complexity index is 553. The molecule has 1 unspecified atom stereocenters. The molecule has 0 aliphatic rings. The number of nitrogens with zero attached hydrogens (tertiary/aromatic N) is 2. The molecule has 0 saturated carbocycles. The normalized spacial score (nSPS) is 13.1. The highest BCUT2D eigenvalue weighted by atomic mass is 16.3. The molecular weight excluding hydrogens is 252 g/mol. The van der Waals surface area contributed by atoms with Crippen LogP contribution in [0.5, 0.6) is 0 Å². The molecular formula is C16H24N2O2. The smallest absolute Gasteiger partial charge is 0.106 e. The van der Waals surface area contributed by atoms with E-state index >= 15 is 0 Å². The van der Waals surface area contributed by atoms with E-state index in [1.54, 1.807) is 0 Å². The molecule has 0 saturated heterocycles. The quantitative estimate of drug-likeness (QED) is 0.874. The minimum atomic E-state index is -0.558. The Balaban J connectivity index is 2.08. The highest BCUT2D eigenvalue weighted by Gasteiger charge is 2.17. The number of hydrogen-bond acceptors (Lipinski definition) is 3. The van der Waals surface area contributed by atoms with Crippen molar-refractivity contribution in [2.75, 3.05) is 0 Å². The predicted molar refractivity (Wildman–Crippen MR) is 78.7 cm³/mol. The van der Waals surface area contributed by atoms with E-state index < -0.39 is 6.10 Å². The molecule has 110 valence electrons. The first kappa shape index (κ1) is 14.9. The topological polar surface area (TPSA) is 51.2 Å². The summed E-state index contributed by atoms with van der Waals surface area (Å²) in [7, 11) is 0. The van der Waals surface area contributed by atoms with Crippen molar-refractivity contribution in [2.24, 2.45) is 0 Å².